The maximum atomic E-state index is 12.9. The van der Waals surface area contributed by atoms with Crippen molar-refractivity contribution in [3.8, 4) is 12.1 Å². The smallest absolute Gasteiger partial charge is 0.307 e. The molecule has 0 heterocycles. The highest BCUT2D eigenvalue weighted by Crippen LogP contribution is 2.27. The lowest BCUT2D eigenvalue weighted by molar-refractivity contribution is 0.299. The summed E-state index contributed by atoms with van der Waals surface area (Å²) in [6.45, 7) is -3.01. The summed E-state index contributed by atoms with van der Waals surface area (Å²) in [7, 11) is -16.1. The molecule has 17 heteroatoms. The number of benzene rings is 1. The molecule has 0 radical (unpaired) electrons. The van der Waals surface area contributed by atoms with Crippen LogP contribution in [0.3, 0.4) is 0 Å². The predicted molar refractivity (Wildman–Crippen MR) is 97.3 cm³/mol. The largest absolute Gasteiger partial charge is 0.397 e. The first kappa shape index (κ1) is 24.7. The Morgan fingerprint density at radius 2 is 1.28 bits per heavy atom. The van der Waals surface area contributed by atoms with Crippen molar-refractivity contribution in [3.63, 3.8) is 0 Å². The number of nitrogen functional groups attached to an aromatic ring is 1. The van der Waals surface area contributed by atoms with Gasteiger partial charge in [-0.15, -0.1) is 0 Å². The van der Waals surface area contributed by atoms with Gasteiger partial charge >= 0.3 is 20.4 Å². The summed E-state index contributed by atoms with van der Waals surface area (Å²) in [6.07, 6.45) is 0. The first-order valence-corrected chi connectivity index (χ1v) is 11.7. The van der Waals surface area contributed by atoms with Crippen LogP contribution >= 0.6 is 0 Å². The summed E-state index contributed by atoms with van der Waals surface area (Å²) in [5.41, 5.74) is 4.12. The van der Waals surface area contributed by atoms with Crippen molar-refractivity contribution in [1.29, 1.82) is 10.5 Å². The number of nitrogens with zero attached hydrogens (tertiary/aromatic N) is 3. The fourth-order valence-corrected chi connectivity index (χ4v) is 7.75. The van der Waals surface area contributed by atoms with Crippen molar-refractivity contribution >= 4 is 36.1 Å². The van der Waals surface area contributed by atoms with Gasteiger partial charge in [-0.25, -0.2) is 8.42 Å². The molecule has 0 saturated heterocycles. The molecule has 160 valence electrons. The van der Waals surface area contributed by atoms with Crippen molar-refractivity contribution in [3.05, 3.63) is 23.3 Å². The van der Waals surface area contributed by atoms with E-state index in [1.165, 1.54) is 12.1 Å². The van der Waals surface area contributed by atoms with E-state index in [9.17, 15) is 25.3 Å². The van der Waals surface area contributed by atoms with Gasteiger partial charge in [-0.2, -0.15) is 36.8 Å². The van der Waals surface area contributed by atoms with Crippen LogP contribution in [0.2, 0.25) is 0 Å². The third-order valence-corrected chi connectivity index (χ3v) is 9.75. The molecule has 1 aromatic carbocycles. The molecule has 0 aliphatic carbocycles. The molecule has 1 aromatic rings. The molecule has 0 amide bonds. The number of anilines is 1. The number of hydrogen-bond donors (Lipinski definition) is 5. The minimum atomic E-state index is -5.45. The third kappa shape index (κ3) is 5.38. The van der Waals surface area contributed by atoms with E-state index in [0.29, 0.717) is 12.1 Å². The summed E-state index contributed by atoms with van der Waals surface area (Å²) in [6, 6.07) is 4.22. The topological polar surface area (TPSA) is 244 Å². The highest BCUT2D eigenvalue weighted by molar-refractivity contribution is 8.16. The maximum Gasteiger partial charge on any atom is 0.307 e. The minimum Gasteiger partial charge on any atom is -0.397 e. The number of aliphatic hydroxyl groups excluding tert-OH is 2. The van der Waals surface area contributed by atoms with Crippen molar-refractivity contribution in [1.82, 2.24) is 12.6 Å². The number of nitrogens with one attached hydrogen (secondary N) is 2. The molecular formula is C12H16N6O8S3. The highest BCUT2D eigenvalue weighted by atomic mass is 32.3. The molecule has 0 fully saturated rings. The molecule has 0 aliphatic heterocycles. The van der Waals surface area contributed by atoms with Crippen LogP contribution in [0.5, 0.6) is 0 Å². The van der Waals surface area contributed by atoms with Gasteiger partial charge in [0.2, 0.25) is 0 Å². The van der Waals surface area contributed by atoms with Crippen LogP contribution in [-0.4, -0.2) is 64.9 Å². The summed E-state index contributed by atoms with van der Waals surface area (Å²) >= 11 is 0. The SMILES string of the molecule is N#Cc1cc(S(=O)(=O)N(S(=O)(=O)NCCO)S(=O)(=O)NCCO)cc(C#N)c1N. The third-order valence-electron chi connectivity index (χ3n) is 3.07. The Morgan fingerprint density at radius 3 is 1.59 bits per heavy atom. The maximum absolute atomic E-state index is 12.9. The Morgan fingerprint density at radius 1 is 0.897 bits per heavy atom. The molecule has 0 aromatic heterocycles. The molecule has 1 rings (SSSR count). The Labute approximate surface area is 167 Å². The quantitative estimate of drug-likeness (QED) is 0.212. The highest BCUT2D eigenvalue weighted by Gasteiger charge is 2.45. The van der Waals surface area contributed by atoms with Crippen molar-refractivity contribution in [2.45, 2.75) is 4.90 Å². The van der Waals surface area contributed by atoms with Crippen LogP contribution < -0.4 is 15.2 Å². The zero-order valence-electron chi connectivity index (χ0n) is 14.5. The van der Waals surface area contributed by atoms with Crippen LogP contribution in [0.15, 0.2) is 17.0 Å². The first-order valence-electron chi connectivity index (χ1n) is 7.39. The zero-order valence-corrected chi connectivity index (χ0v) is 16.9. The lowest BCUT2D eigenvalue weighted by atomic mass is 10.1. The molecule has 0 saturated carbocycles. The number of nitriles is 2. The van der Waals surface area contributed by atoms with Crippen molar-refractivity contribution < 1.29 is 35.5 Å². The van der Waals surface area contributed by atoms with Gasteiger partial charge in [-0.05, 0) is 12.1 Å². The Bertz CT molecular complexity index is 1090. The second kappa shape index (κ2) is 9.43. The standard InChI is InChI=1S/C12H16N6O8S3/c13-7-9-5-11(6-10(8-14)12(9)15)27(21,22)18(28(23,24)16-1-3-19)29(25,26)17-2-4-20/h5-6,16-17,19-20H,1-4,15H2. The van der Waals surface area contributed by atoms with Crippen molar-refractivity contribution in [2.75, 3.05) is 32.0 Å². The fraction of sp³-hybridized carbons (Fsp3) is 0.333. The normalized spacial score (nSPS) is 12.4. The van der Waals surface area contributed by atoms with Crippen LogP contribution in [0.1, 0.15) is 11.1 Å². The monoisotopic (exact) mass is 468 g/mol. The summed E-state index contributed by atoms with van der Waals surface area (Å²) in [4.78, 5) is -1.02. The minimum absolute atomic E-state index is 0.386. The van der Waals surface area contributed by atoms with E-state index in [-0.39, 0.29) is 5.69 Å². The Hall–Kier alpha value is -2.35. The van der Waals surface area contributed by atoms with Crippen LogP contribution in [0.25, 0.3) is 0 Å². The first-order chi connectivity index (χ1) is 13.4. The van der Waals surface area contributed by atoms with E-state index in [1.807, 2.05) is 0 Å². The number of aliphatic hydroxyl groups is 2. The fourth-order valence-electron chi connectivity index (χ4n) is 1.89. The molecule has 6 N–H and O–H groups in total. The van der Waals surface area contributed by atoms with Crippen LogP contribution in [0, 0.1) is 22.7 Å². The number of nitrogens with two attached hydrogens (primary N) is 1. The van der Waals surface area contributed by atoms with E-state index in [4.69, 9.17) is 26.5 Å². The second-order valence-electron chi connectivity index (χ2n) is 5.04. The average Bonchev–Trinajstić information content (AvgIpc) is 2.64. The molecule has 14 nitrogen and oxygen atoms in total. The van der Waals surface area contributed by atoms with Gasteiger partial charge in [0.05, 0.1) is 34.9 Å². The van der Waals surface area contributed by atoms with Gasteiger partial charge < -0.3 is 15.9 Å². The number of rotatable bonds is 10. The lowest BCUT2D eigenvalue weighted by Crippen LogP contribution is -2.52. The number of hydrogen-bond acceptors (Lipinski definition) is 11. The van der Waals surface area contributed by atoms with Gasteiger partial charge in [-0.3, -0.25) is 0 Å². The Balaban J connectivity index is 3.82. The van der Waals surface area contributed by atoms with Gasteiger partial charge in [0, 0.05) is 16.2 Å². The van der Waals surface area contributed by atoms with E-state index in [1.54, 1.807) is 9.44 Å². The Kier molecular flexibility index (Phi) is 8.03. The predicted octanol–water partition coefficient (Wildman–Crippen LogP) is -3.34. The molecular weight excluding hydrogens is 452 g/mol. The molecule has 0 bridgehead atoms. The summed E-state index contributed by atoms with van der Waals surface area (Å²) in [5, 5.41) is 35.6. The van der Waals surface area contributed by atoms with E-state index in [0.717, 1.165) is 0 Å². The summed E-state index contributed by atoms with van der Waals surface area (Å²) in [5.74, 6) is 0. The van der Waals surface area contributed by atoms with Gasteiger partial charge in [0.15, 0.2) is 0 Å². The number of sulfonamides is 1. The molecule has 0 unspecified atom stereocenters. The van der Waals surface area contributed by atoms with Crippen molar-refractivity contribution in [2.24, 2.45) is 0 Å². The molecule has 0 aliphatic rings. The molecule has 0 spiro atoms. The summed E-state index contributed by atoms with van der Waals surface area (Å²) < 4.78 is 77.6. The van der Waals surface area contributed by atoms with Gasteiger partial charge in [0.25, 0.3) is 10.0 Å². The van der Waals surface area contributed by atoms with E-state index >= 15 is 0 Å². The van der Waals surface area contributed by atoms with Crippen LogP contribution in [0.4, 0.5) is 5.69 Å². The molecule has 0 atom stereocenters. The van der Waals surface area contributed by atoms with Crippen LogP contribution in [-0.2, 0) is 30.4 Å². The van der Waals surface area contributed by atoms with Gasteiger partial charge in [0.1, 0.15) is 12.1 Å². The van der Waals surface area contributed by atoms with E-state index < -0.39 is 75.9 Å². The zero-order chi connectivity index (χ0) is 22.5. The lowest BCUT2D eigenvalue weighted by Gasteiger charge is -2.22. The van der Waals surface area contributed by atoms with E-state index in [2.05, 4.69) is 0 Å². The molecule has 29 heavy (non-hydrogen) atoms. The second-order valence-corrected chi connectivity index (χ2v) is 10.7. The average molecular weight is 468 g/mol. The van der Waals surface area contributed by atoms with Gasteiger partial charge in [-0.1, -0.05) is 0 Å².